The Balaban J connectivity index is 0.932. The largest absolute Gasteiger partial charge is 0.455 e. The standard InChI is InChI=1S/C51H29N3O/c1-3-11-45-42(9-1)47-43(24-23-41-39-8-2-4-12-46(39)55-51(41)47)48(54-45)31-15-13-30(14-16-31)32-19-21-37-33(27-32)17-18-34-28-35(20-22-38(34)37)44-29-36-7-5-25-52-49(36)50-40(44)10-6-26-53-50/h1-29H. The Kier molecular flexibility index (Phi) is 6.31. The zero-order valence-corrected chi connectivity index (χ0v) is 29.5. The fourth-order valence-corrected chi connectivity index (χ4v) is 8.69. The summed E-state index contributed by atoms with van der Waals surface area (Å²) in [4.78, 5) is 14.6. The molecule has 12 aromatic rings. The van der Waals surface area contributed by atoms with E-state index in [1.807, 2.05) is 36.7 Å². The molecule has 0 spiro atoms. The Morgan fingerprint density at radius 3 is 1.87 bits per heavy atom. The summed E-state index contributed by atoms with van der Waals surface area (Å²) in [5.74, 6) is 0. The lowest BCUT2D eigenvalue weighted by Gasteiger charge is -2.12. The van der Waals surface area contributed by atoms with Gasteiger partial charge in [-0.2, -0.15) is 0 Å². The van der Waals surface area contributed by atoms with Crippen molar-refractivity contribution in [2.75, 3.05) is 0 Å². The van der Waals surface area contributed by atoms with Gasteiger partial charge in [0.25, 0.3) is 0 Å². The minimum Gasteiger partial charge on any atom is -0.455 e. The molecule has 254 valence electrons. The van der Waals surface area contributed by atoms with E-state index < -0.39 is 0 Å². The SMILES string of the molecule is c1cnc2c(c1)cc(-c1ccc3c(ccc4cc(-c5ccc(-c6nc7ccccc7c7c6ccc6c8ccccc8oc67)cc5)ccc43)c1)c1cccnc12. The van der Waals surface area contributed by atoms with Crippen molar-refractivity contribution in [1.82, 2.24) is 15.0 Å². The molecule has 4 heterocycles. The van der Waals surface area contributed by atoms with Gasteiger partial charge in [0.15, 0.2) is 0 Å². The highest BCUT2D eigenvalue weighted by Crippen LogP contribution is 2.41. The zero-order chi connectivity index (χ0) is 36.0. The van der Waals surface area contributed by atoms with Crippen LogP contribution in [0.4, 0.5) is 0 Å². The fraction of sp³-hybridized carbons (Fsp3) is 0. The molecule has 0 fully saturated rings. The van der Waals surface area contributed by atoms with Crippen molar-refractivity contribution in [3.63, 3.8) is 0 Å². The van der Waals surface area contributed by atoms with Crippen molar-refractivity contribution in [3.8, 4) is 33.5 Å². The van der Waals surface area contributed by atoms with Gasteiger partial charge >= 0.3 is 0 Å². The third-order valence-electron chi connectivity index (χ3n) is 11.3. The second-order valence-electron chi connectivity index (χ2n) is 14.4. The third kappa shape index (κ3) is 4.55. The van der Waals surface area contributed by atoms with Crippen LogP contribution in [0.25, 0.3) is 120 Å². The fourth-order valence-electron chi connectivity index (χ4n) is 8.69. The number of benzene rings is 8. The van der Waals surface area contributed by atoms with Gasteiger partial charge < -0.3 is 4.42 Å². The van der Waals surface area contributed by atoms with Gasteiger partial charge in [0.05, 0.1) is 22.2 Å². The maximum atomic E-state index is 6.53. The van der Waals surface area contributed by atoms with Crippen molar-refractivity contribution in [2.24, 2.45) is 0 Å². The number of aromatic nitrogens is 3. The average molecular weight is 700 g/mol. The van der Waals surface area contributed by atoms with Gasteiger partial charge in [-0.15, -0.1) is 0 Å². The lowest BCUT2D eigenvalue weighted by Crippen LogP contribution is -1.90. The van der Waals surface area contributed by atoms with Crippen LogP contribution in [0.3, 0.4) is 0 Å². The summed E-state index contributed by atoms with van der Waals surface area (Å²) >= 11 is 0. The summed E-state index contributed by atoms with van der Waals surface area (Å²) in [5.41, 5.74) is 11.3. The first kappa shape index (κ1) is 30.1. The normalized spacial score (nSPS) is 12.0. The highest BCUT2D eigenvalue weighted by atomic mass is 16.3. The summed E-state index contributed by atoms with van der Waals surface area (Å²) in [6.07, 6.45) is 3.68. The summed E-state index contributed by atoms with van der Waals surface area (Å²) in [7, 11) is 0. The van der Waals surface area contributed by atoms with Crippen LogP contribution in [0, 0.1) is 0 Å². The minimum absolute atomic E-state index is 0.899. The van der Waals surface area contributed by atoms with Crippen molar-refractivity contribution in [1.29, 1.82) is 0 Å². The Labute approximate surface area is 315 Å². The van der Waals surface area contributed by atoms with E-state index in [2.05, 4.69) is 145 Å². The molecule has 4 heteroatoms. The molecule has 12 rings (SSSR count). The van der Waals surface area contributed by atoms with Crippen molar-refractivity contribution < 1.29 is 4.42 Å². The summed E-state index contributed by atoms with van der Waals surface area (Å²) < 4.78 is 6.53. The van der Waals surface area contributed by atoms with E-state index in [-0.39, 0.29) is 0 Å². The molecular formula is C51H29N3O. The molecule has 0 bridgehead atoms. The molecule has 0 aliphatic heterocycles. The molecule has 0 radical (unpaired) electrons. The second kappa shape index (κ2) is 11.5. The van der Waals surface area contributed by atoms with Crippen LogP contribution in [0.15, 0.2) is 181 Å². The van der Waals surface area contributed by atoms with E-state index >= 15 is 0 Å². The van der Waals surface area contributed by atoms with Crippen molar-refractivity contribution >= 4 is 87.0 Å². The maximum absolute atomic E-state index is 6.53. The van der Waals surface area contributed by atoms with Crippen LogP contribution in [0.1, 0.15) is 0 Å². The summed E-state index contributed by atoms with van der Waals surface area (Å²) in [6, 6.07) is 58.4. The predicted octanol–water partition coefficient (Wildman–Crippen LogP) is 13.7. The molecule has 4 nitrogen and oxygen atoms in total. The van der Waals surface area contributed by atoms with Crippen LogP contribution in [-0.2, 0) is 0 Å². The van der Waals surface area contributed by atoms with Crippen LogP contribution < -0.4 is 0 Å². The molecule has 8 aromatic carbocycles. The molecule has 4 aromatic heterocycles. The third-order valence-corrected chi connectivity index (χ3v) is 11.3. The molecule has 0 amide bonds. The number of fused-ring (bicyclic) bond motifs is 13. The molecule has 0 atom stereocenters. The van der Waals surface area contributed by atoms with Gasteiger partial charge in [0.2, 0.25) is 0 Å². The van der Waals surface area contributed by atoms with Gasteiger partial charge in [-0.1, -0.05) is 115 Å². The van der Waals surface area contributed by atoms with Crippen LogP contribution in [0.2, 0.25) is 0 Å². The molecule has 0 aliphatic rings. The molecule has 0 saturated heterocycles. The van der Waals surface area contributed by atoms with Gasteiger partial charge in [-0.05, 0) is 92.3 Å². The first-order chi connectivity index (χ1) is 27.2. The summed E-state index contributed by atoms with van der Waals surface area (Å²) in [6.45, 7) is 0. The minimum atomic E-state index is 0.899. The Morgan fingerprint density at radius 1 is 0.382 bits per heavy atom. The average Bonchev–Trinajstić information content (AvgIpc) is 3.64. The number of pyridine rings is 3. The number of para-hydroxylation sites is 2. The number of nitrogens with zero attached hydrogens (tertiary/aromatic N) is 3. The summed E-state index contributed by atoms with van der Waals surface area (Å²) in [5, 5.41) is 12.6. The monoisotopic (exact) mass is 699 g/mol. The molecule has 0 unspecified atom stereocenters. The van der Waals surface area contributed by atoms with E-state index in [1.54, 1.807) is 0 Å². The molecule has 0 saturated carbocycles. The van der Waals surface area contributed by atoms with Crippen LogP contribution >= 0.6 is 0 Å². The van der Waals surface area contributed by atoms with E-state index in [4.69, 9.17) is 14.4 Å². The van der Waals surface area contributed by atoms with E-state index in [0.717, 1.165) is 82.2 Å². The predicted molar refractivity (Wildman–Crippen MR) is 228 cm³/mol. The molecular weight excluding hydrogens is 671 g/mol. The van der Waals surface area contributed by atoms with E-state index in [9.17, 15) is 0 Å². The van der Waals surface area contributed by atoms with Crippen LogP contribution in [-0.4, -0.2) is 15.0 Å². The van der Waals surface area contributed by atoms with E-state index in [0.29, 0.717) is 0 Å². The van der Waals surface area contributed by atoms with Gasteiger partial charge in [0.1, 0.15) is 11.2 Å². The van der Waals surface area contributed by atoms with Gasteiger partial charge in [-0.25, -0.2) is 4.98 Å². The molecule has 0 aliphatic carbocycles. The number of rotatable bonds is 3. The van der Waals surface area contributed by atoms with Crippen molar-refractivity contribution in [2.45, 2.75) is 0 Å². The Morgan fingerprint density at radius 2 is 1.02 bits per heavy atom. The maximum Gasteiger partial charge on any atom is 0.144 e. The number of hydrogen-bond donors (Lipinski definition) is 0. The first-order valence-electron chi connectivity index (χ1n) is 18.6. The quantitative estimate of drug-likeness (QED) is 0.172. The lowest BCUT2D eigenvalue weighted by atomic mass is 9.93. The first-order valence-corrected chi connectivity index (χ1v) is 18.6. The Bertz CT molecular complexity index is 3550. The van der Waals surface area contributed by atoms with E-state index in [1.165, 1.54) is 38.2 Å². The second-order valence-corrected chi connectivity index (χ2v) is 14.4. The molecule has 55 heavy (non-hydrogen) atoms. The number of furan rings is 1. The lowest BCUT2D eigenvalue weighted by molar-refractivity contribution is 0.673. The van der Waals surface area contributed by atoms with Gasteiger partial charge in [0, 0.05) is 55.7 Å². The van der Waals surface area contributed by atoms with Crippen LogP contribution in [0.5, 0.6) is 0 Å². The highest BCUT2D eigenvalue weighted by molar-refractivity contribution is 6.24. The highest BCUT2D eigenvalue weighted by Gasteiger charge is 2.18. The number of hydrogen-bond acceptors (Lipinski definition) is 4. The van der Waals surface area contributed by atoms with Gasteiger partial charge in [-0.3, -0.25) is 9.97 Å². The molecule has 0 N–H and O–H groups in total. The smallest absolute Gasteiger partial charge is 0.144 e. The van der Waals surface area contributed by atoms with Crippen molar-refractivity contribution in [3.05, 3.63) is 176 Å². The zero-order valence-electron chi connectivity index (χ0n) is 29.5. The topological polar surface area (TPSA) is 51.8 Å². The Hall–Kier alpha value is -7.43.